The fraction of sp³-hybridized carbons (Fsp3) is 1.00. The predicted octanol–water partition coefficient (Wildman–Crippen LogP) is 10.3. The van der Waals surface area contributed by atoms with Crippen molar-refractivity contribution in [2.75, 3.05) is 26.7 Å². The maximum Gasteiger partial charge on any atom is 0.460 e. The Morgan fingerprint density at radius 1 is 0.381 bits per heavy atom. The van der Waals surface area contributed by atoms with Crippen LogP contribution in [0.4, 0.5) is 79.0 Å². The third kappa shape index (κ3) is 9.11. The lowest BCUT2D eigenvalue weighted by molar-refractivity contribution is -0.910. The van der Waals surface area contributed by atoms with E-state index in [2.05, 4.69) is 0 Å². The smallest absolute Gasteiger partial charge is 0.326 e. The number of hydrogen-bond donors (Lipinski definition) is 0. The monoisotopic (exact) mass is 664 g/mol. The molecule has 0 fully saturated rings. The van der Waals surface area contributed by atoms with Crippen LogP contribution >= 0.6 is 0 Å². The highest BCUT2D eigenvalue weighted by Crippen LogP contribution is 2.55. The first-order chi connectivity index (χ1) is 18.5. The summed E-state index contributed by atoms with van der Waals surface area (Å²) >= 11 is 0. The van der Waals surface area contributed by atoms with Crippen LogP contribution < -0.4 is 0 Å². The first-order valence-electron chi connectivity index (χ1n) is 12.7. The van der Waals surface area contributed by atoms with Gasteiger partial charge in [-0.15, -0.1) is 0 Å². The third-order valence-electron chi connectivity index (χ3n) is 6.85. The summed E-state index contributed by atoms with van der Waals surface area (Å²) in [6.45, 7) is 0.146. The molecular formula is C23H32F18N+. The molecule has 19 heteroatoms. The predicted molar refractivity (Wildman–Crippen MR) is 114 cm³/mol. The fourth-order valence-electron chi connectivity index (χ4n) is 4.10. The zero-order valence-corrected chi connectivity index (χ0v) is 22.4. The highest BCUT2D eigenvalue weighted by molar-refractivity contribution is 5.01. The summed E-state index contributed by atoms with van der Waals surface area (Å²) in [5.41, 5.74) is 0. The zero-order valence-electron chi connectivity index (χ0n) is 22.4. The van der Waals surface area contributed by atoms with E-state index in [-0.39, 0.29) is 13.0 Å². The molecule has 0 aromatic rings. The molecule has 0 heterocycles. The standard InChI is InChI=1S/C23H32F18N/c1-3-4-5-6-7-8-13-42(2,14-9-11-16(24,25)18(28,29)20(32,33)22(36,37)38)15-10-12-17(26,27)19(30,31)21(34,35)23(39,40)41/h3-15H2,1-2H3/q+1. The van der Waals surface area contributed by atoms with Gasteiger partial charge in [-0.25, -0.2) is 0 Å². The number of alkyl halides is 18. The van der Waals surface area contributed by atoms with Crippen LogP contribution in [0.5, 0.6) is 0 Å². The molecule has 0 rings (SSSR count). The molecule has 0 radical (unpaired) electrons. The van der Waals surface area contributed by atoms with Crippen LogP contribution in [0.3, 0.4) is 0 Å². The second-order valence-corrected chi connectivity index (χ2v) is 10.5. The largest absolute Gasteiger partial charge is 0.460 e. The summed E-state index contributed by atoms with van der Waals surface area (Å²) in [5, 5.41) is 0. The van der Waals surface area contributed by atoms with Crippen molar-refractivity contribution in [1.29, 1.82) is 0 Å². The van der Waals surface area contributed by atoms with Crippen LogP contribution in [-0.2, 0) is 0 Å². The van der Waals surface area contributed by atoms with Gasteiger partial charge in [-0.05, 0) is 12.8 Å². The summed E-state index contributed by atoms with van der Waals surface area (Å²) < 4.78 is 235. The molecule has 0 unspecified atom stereocenters. The molecule has 0 spiro atoms. The minimum Gasteiger partial charge on any atom is -0.326 e. The number of nitrogens with zero attached hydrogens (tertiary/aromatic N) is 1. The number of quaternary nitrogens is 1. The molecular weight excluding hydrogens is 632 g/mol. The number of unbranched alkanes of at least 4 members (excludes halogenated alkanes) is 5. The lowest BCUT2D eigenvalue weighted by Gasteiger charge is -2.38. The topological polar surface area (TPSA) is 0 Å². The minimum atomic E-state index is -7.13. The van der Waals surface area contributed by atoms with Crippen LogP contribution in [0, 0.1) is 0 Å². The van der Waals surface area contributed by atoms with E-state index in [1.807, 2.05) is 6.92 Å². The Morgan fingerprint density at radius 2 is 0.667 bits per heavy atom. The van der Waals surface area contributed by atoms with Gasteiger partial charge in [-0.2, -0.15) is 79.0 Å². The molecule has 0 aromatic heterocycles. The maximum atomic E-state index is 13.9. The van der Waals surface area contributed by atoms with Gasteiger partial charge in [0, 0.05) is 25.7 Å². The van der Waals surface area contributed by atoms with Gasteiger partial charge < -0.3 is 4.48 Å². The van der Waals surface area contributed by atoms with Gasteiger partial charge in [0.1, 0.15) is 0 Å². The van der Waals surface area contributed by atoms with Crippen LogP contribution in [-0.4, -0.2) is 79.1 Å². The van der Waals surface area contributed by atoms with E-state index in [9.17, 15) is 79.0 Å². The highest BCUT2D eigenvalue weighted by Gasteiger charge is 2.82. The quantitative estimate of drug-likeness (QED) is 0.0733. The van der Waals surface area contributed by atoms with Crippen molar-refractivity contribution in [3.63, 3.8) is 0 Å². The molecule has 42 heavy (non-hydrogen) atoms. The second kappa shape index (κ2) is 13.8. The Bertz CT molecular complexity index is 759. The lowest BCUT2D eigenvalue weighted by atomic mass is 9.98. The van der Waals surface area contributed by atoms with Crippen molar-refractivity contribution in [2.24, 2.45) is 0 Å². The van der Waals surface area contributed by atoms with E-state index in [0.29, 0.717) is 12.8 Å². The third-order valence-corrected chi connectivity index (χ3v) is 6.85. The van der Waals surface area contributed by atoms with Crippen molar-refractivity contribution >= 4 is 0 Å². The fourth-order valence-corrected chi connectivity index (χ4v) is 4.10. The highest BCUT2D eigenvalue weighted by atomic mass is 19.4. The Morgan fingerprint density at radius 3 is 0.976 bits per heavy atom. The summed E-state index contributed by atoms with van der Waals surface area (Å²) in [7, 11) is 1.08. The van der Waals surface area contributed by atoms with Gasteiger partial charge in [0.25, 0.3) is 0 Å². The summed E-state index contributed by atoms with van der Waals surface area (Å²) in [6.07, 6.45) is -17.4. The van der Waals surface area contributed by atoms with Gasteiger partial charge >= 0.3 is 47.9 Å². The average molecular weight is 664 g/mol. The van der Waals surface area contributed by atoms with Crippen molar-refractivity contribution in [2.45, 2.75) is 119 Å². The van der Waals surface area contributed by atoms with Gasteiger partial charge in [-0.1, -0.05) is 32.6 Å². The van der Waals surface area contributed by atoms with Gasteiger partial charge in [0.05, 0.1) is 26.7 Å². The van der Waals surface area contributed by atoms with Crippen molar-refractivity contribution in [3.8, 4) is 0 Å². The Balaban J connectivity index is 5.69. The Hall–Kier alpha value is -1.30. The number of halogens is 18. The molecule has 0 N–H and O–H groups in total. The van der Waals surface area contributed by atoms with E-state index >= 15 is 0 Å². The van der Waals surface area contributed by atoms with E-state index in [1.165, 1.54) is 0 Å². The van der Waals surface area contributed by atoms with Gasteiger partial charge in [0.15, 0.2) is 0 Å². The first-order valence-corrected chi connectivity index (χ1v) is 12.7. The Labute approximate surface area is 230 Å². The molecule has 254 valence electrons. The SMILES string of the molecule is CCCCCCCC[N+](C)(CCCC(F)(F)C(F)(F)C(F)(F)C(F)(F)F)CCCC(F)(F)C(F)(F)C(F)(F)C(F)(F)F. The molecule has 0 bridgehead atoms. The van der Waals surface area contributed by atoms with E-state index in [4.69, 9.17) is 0 Å². The van der Waals surface area contributed by atoms with Crippen LogP contribution in [0.25, 0.3) is 0 Å². The maximum absolute atomic E-state index is 13.9. The Kier molecular flexibility index (Phi) is 13.3. The normalized spacial score (nSPS) is 15.4. The van der Waals surface area contributed by atoms with Crippen LogP contribution in [0.15, 0.2) is 0 Å². The average Bonchev–Trinajstić information content (AvgIpc) is 2.79. The van der Waals surface area contributed by atoms with Crippen LogP contribution in [0.1, 0.15) is 71.1 Å². The molecule has 0 amide bonds. The van der Waals surface area contributed by atoms with Crippen molar-refractivity contribution in [1.82, 2.24) is 0 Å². The number of rotatable bonds is 19. The molecule has 0 aromatic carbocycles. The van der Waals surface area contributed by atoms with E-state index in [0.717, 1.165) is 26.3 Å². The second-order valence-electron chi connectivity index (χ2n) is 10.5. The molecule has 0 aliphatic rings. The minimum absolute atomic E-state index is 0.173. The molecule has 0 aliphatic carbocycles. The molecule has 1 nitrogen and oxygen atoms in total. The summed E-state index contributed by atoms with van der Waals surface area (Å²) in [5.74, 6) is -39.9. The van der Waals surface area contributed by atoms with E-state index < -0.39 is 91.1 Å². The number of hydrogen-bond acceptors (Lipinski definition) is 0. The van der Waals surface area contributed by atoms with Gasteiger partial charge in [0.2, 0.25) is 0 Å². The molecule has 0 saturated carbocycles. The van der Waals surface area contributed by atoms with Crippen LogP contribution in [0.2, 0.25) is 0 Å². The van der Waals surface area contributed by atoms with E-state index in [1.54, 1.807) is 0 Å². The van der Waals surface area contributed by atoms with Crippen molar-refractivity contribution < 1.29 is 83.5 Å². The lowest BCUT2D eigenvalue weighted by Crippen LogP contribution is -2.61. The van der Waals surface area contributed by atoms with Gasteiger partial charge in [-0.3, -0.25) is 0 Å². The molecule has 0 saturated heterocycles. The summed E-state index contributed by atoms with van der Waals surface area (Å²) in [6, 6.07) is 0. The molecule has 0 aliphatic heterocycles. The summed E-state index contributed by atoms with van der Waals surface area (Å²) in [4.78, 5) is 0. The van der Waals surface area contributed by atoms with Crippen molar-refractivity contribution in [3.05, 3.63) is 0 Å². The first kappa shape index (κ1) is 40.7. The zero-order chi connectivity index (χ0) is 33.7. The molecule has 0 atom stereocenters.